The lowest BCUT2D eigenvalue weighted by Crippen LogP contribution is -2.41. The first kappa shape index (κ1) is 15.1. The molecule has 0 saturated heterocycles. The van der Waals surface area contributed by atoms with Gasteiger partial charge in [-0.1, -0.05) is 11.6 Å². The summed E-state index contributed by atoms with van der Waals surface area (Å²) in [5, 5.41) is 5.90. The Hall–Kier alpha value is -2.34. The van der Waals surface area contributed by atoms with Crippen LogP contribution in [0.1, 0.15) is 6.92 Å². The number of aromatic nitrogens is 1. The Morgan fingerprint density at radius 1 is 1.33 bits per heavy atom. The van der Waals surface area contributed by atoms with Crippen molar-refractivity contribution < 1.29 is 14.3 Å². The molecular formula is C14H14ClN3O3. The van der Waals surface area contributed by atoms with Crippen LogP contribution in [0, 0.1) is 0 Å². The molecule has 21 heavy (non-hydrogen) atoms. The van der Waals surface area contributed by atoms with E-state index >= 15 is 0 Å². The highest BCUT2D eigenvalue weighted by atomic mass is 35.5. The summed E-state index contributed by atoms with van der Waals surface area (Å²) in [5.74, 6) is -0.110. The maximum atomic E-state index is 11.6. The number of carbonyl (C=O) groups is 2. The summed E-state index contributed by atoms with van der Waals surface area (Å²) in [6.45, 7) is 1.90. The highest BCUT2D eigenvalue weighted by molar-refractivity contribution is 6.35. The summed E-state index contributed by atoms with van der Waals surface area (Å²) >= 11 is 6.07. The van der Waals surface area contributed by atoms with Gasteiger partial charge in [0.25, 0.3) is 5.91 Å². The Kier molecular flexibility index (Phi) is 4.94. The molecule has 1 heterocycles. The summed E-state index contributed by atoms with van der Waals surface area (Å²) in [6.07, 6.45) is 1.61. The molecule has 0 aliphatic carbocycles. The molecule has 0 fully saturated rings. The zero-order valence-corrected chi connectivity index (χ0v) is 12.1. The number of nitrogens with zero attached hydrogens (tertiary/aromatic N) is 1. The van der Waals surface area contributed by atoms with Gasteiger partial charge in [0, 0.05) is 18.1 Å². The van der Waals surface area contributed by atoms with E-state index in [4.69, 9.17) is 16.3 Å². The number of ether oxygens (including phenoxy) is 1. The van der Waals surface area contributed by atoms with Crippen LogP contribution in [0.15, 0.2) is 30.5 Å². The third kappa shape index (κ3) is 3.82. The van der Waals surface area contributed by atoms with Gasteiger partial charge in [0.1, 0.15) is 11.3 Å². The van der Waals surface area contributed by atoms with Crippen molar-refractivity contribution in [1.82, 2.24) is 15.6 Å². The molecule has 2 aromatic rings. The van der Waals surface area contributed by atoms with Crippen LogP contribution in [0.4, 0.5) is 4.79 Å². The molecule has 0 bridgehead atoms. The minimum atomic E-state index is -0.551. The Morgan fingerprint density at radius 3 is 2.90 bits per heavy atom. The summed E-state index contributed by atoms with van der Waals surface area (Å²) in [5.41, 5.74) is 0.566. The first-order valence-electron chi connectivity index (χ1n) is 6.35. The average Bonchev–Trinajstić information content (AvgIpc) is 2.47. The zero-order valence-electron chi connectivity index (χ0n) is 11.4. The fourth-order valence-corrected chi connectivity index (χ4v) is 1.95. The van der Waals surface area contributed by atoms with E-state index in [1.807, 2.05) is 6.07 Å². The van der Waals surface area contributed by atoms with Gasteiger partial charge >= 0.3 is 6.03 Å². The highest BCUT2D eigenvalue weighted by Crippen LogP contribution is 2.29. The number of hydrogen-bond acceptors (Lipinski definition) is 4. The van der Waals surface area contributed by atoms with E-state index in [2.05, 4.69) is 15.6 Å². The molecule has 0 aliphatic heterocycles. The molecule has 0 atom stereocenters. The Morgan fingerprint density at radius 2 is 2.14 bits per heavy atom. The van der Waals surface area contributed by atoms with Crippen LogP contribution < -0.4 is 15.4 Å². The number of hydrogen-bond donors (Lipinski definition) is 2. The lowest BCUT2D eigenvalue weighted by Gasteiger charge is -2.09. The van der Waals surface area contributed by atoms with E-state index < -0.39 is 11.9 Å². The Balaban J connectivity index is 2.06. The molecule has 7 heteroatoms. The van der Waals surface area contributed by atoms with Crippen molar-refractivity contribution in [1.29, 1.82) is 0 Å². The normalized spacial score (nSPS) is 10.2. The first-order chi connectivity index (χ1) is 10.1. The maximum Gasteiger partial charge on any atom is 0.321 e. The minimum absolute atomic E-state index is 0.287. The second-order valence-corrected chi connectivity index (χ2v) is 4.55. The van der Waals surface area contributed by atoms with Crippen molar-refractivity contribution in [2.24, 2.45) is 0 Å². The molecular weight excluding hydrogens is 294 g/mol. The smallest absolute Gasteiger partial charge is 0.321 e. The molecule has 1 aromatic heterocycles. The molecule has 2 N–H and O–H groups in total. The molecule has 1 aromatic carbocycles. The zero-order chi connectivity index (χ0) is 15.2. The predicted molar refractivity (Wildman–Crippen MR) is 79.5 cm³/mol. The molecule has 3 amide bonds. The van der Waals surface area contributed by atoms with Gasteiger partial charge in [-0.15, -0.1) is 0 Å². The van der Waals surface area contributed by atoms with Crippen LogP contribution in [0.2, 0.25) is 5.02 Å². The van der Waals surface area contributed by atoms with Gasteiger partial charge in [-0.05, 0) is 31.2 Å². The van der Waals surface area contributed by atoms with Gasteiger partial charge in [-0.25, -0.2) is 4.79 Å². The van der Waals surface area contributed by atoms with Gasteiger partial charge in [0.15, 0.2) is 6.61 Å². The summed E-state index contributed by atoms with van der Waals surface area (Å²) in [4.78, 5) is 26.9. The van der Waals surface area contributed by atoms with E-state index in [0.29, 0.717) is 22.8 Å². The van der Waals surface area contributed by atoms with E-state index in [9.17, 15) is 9.59 Å². The number of rotatable bonds is 4. The summed E-state index contributed by atoms with van der Waals surface area (Å²) < 4.78 is 5.40. The van der Waals surface area contributed by atoms with Crippen molar-refractivity contribution in [3.63, 3.8) is 0 Å². The number of urea groups is 1. The van der Waals surface area contributed by atoms with Gasteiger partial charge in [0.05, 0.1) is 5.02 Å². The van der Waals surface area contributed by atoms with Gasteiger partial charge in [-0.2, -0.15) is 0 Å². The predicted octanol–water partition coefficient (Wildman–Crippen LogP) is 2.11. The second-order valence-electron chi connectivity index (χ2n) is 4.14. The van der Waals surface area contributed by atoms with E-state index in [0.717, 1.165) is 5.39 Å². The number of nitrogens with one attached hydrogen (secondary N) is 2. The first-order valence-corrected chi connectivity index (χ1v) is 6.73. The van der Waals surface area contributed by atoms with Crippen LogP contribution in [-0.2, 0) is 4.79 Å². The molecule has 110 valence electrons. The van der Waals surface area contributed by atoms with Crippen LogP contribution >= 0.6 is 11.6 Å². The quantitative estimate of drug-likeness (QED) is 0.906. The number of pyridine rings is 1. The van der Waals surface area contributed by atoms with Crippen molar-refractivity contribution in [3.8, 4) is 5.75 Å². The number of imide groups is 1. The number of benzene rings is 1. The molecule has 0 radical (unpaired) electrons. The van der Waals surface area contributed by atoms with Gasteiger partial charge in [-0.3, -0.25) is 15.1 Å². The van der Waals surface area contributed by atoms with Crippen molar-refractivity contribution >= 4 is 34.4 Å². The number of fused-ring (bicyclic) bond motifs is 1. The van der Waals surface area contributed by atoms with Crippen LogP contribution in [0.25, 0.3) is 10.9 Å². The maximum absolute atomic E-state index is 11.6. The number of halogens is 1. The van der Waals surface area contributed by atoms with Crippen LogP contribution in [0.3, 0.4) is 0 Å². The van der Waals surface area contributed by atoms with E-state index in [1.54, 1.807) is 31.3 Å². The highest BCUT2D eigenvalue weighted by Gasteiger charge is 2.10. The van der Waals surface area contributed by atoms with Crippen molar-refractivity contribution in [2.45, 2.75) is 6.92 Å². The average molecular weight is 308 g/mol. The number of carbonyl (C=O) groups excluding carboxylic acids is 2. The monoisotopic (exact) mass is 307 g/mol. The van der Waals surface area contributed by atoms with Crippen LogP contribution in [-0.4, -0.2) is 30.1 Å². The number of amides is 3. The van der Waals surface area contributed by atoms with Gasteiger partial charge < -0.3 is 10.1 Å². The van der Waals surface area contributed by atoms with Crippen molar-refractivity contribution in [2.75, 3.05) is 13.2 Å². The standard InChI is InChI=1S/C14H14ClN3O3/c1-2-16-14(20)18-12(19)8-21-11-6-5-10(15)9-4-3-7-17-13(9)11/h3-7H,2,8H2,1H3,(H2,16,18,19,20). The molecule has 0 spiro atoms. The largest absolute Gasteiger partial charge is 0.481 e. The lowest BCUT2D eigenvalue weighted by molar-refractivity contribution is -0.121. The third-order valence-electron chi connectivity index (χ3n) is 2.63. The lowest BCUT2D eigenvalue weighted by atomic mass is 10.2. The molecule has 6 nitrogen and oxygen atoms in total. The molecule has 0 saturated carbocycles. The van der Waals surface area contributed by atoms with Crippen LogP contribution in [0.5, 0.6) is 5.75 Å². The fraction of sp³-hybridized carbons (Fsp3) is 0.214. The molecule has 0 aliphatic rings. The van der Waals surface area contributed by atoms with Crippen molar-refractivity contribution in [3.05, 3.63) is 35.5 Å². The molecule has 2 rings (SSSR count). The SMILES string of the molecule is CCNC(=O)NC(=O)COc1ccc(Cl)c2cccnc12. The van der Waals surface area contributed by atoms with Gasteiger partial charge in [0.2, 0.25) is 0 Å². The minimum Gasteiger partial charge on any atom is -0.481 e. The Bertz CT molecular complexity index is 676. The fourth-order valence-electron chi connectivity index (χ4n) is 1.74. The summed E-state index contributed by atoms with van der Waals surface area (Å²) in [7, 11) is 0. The second kappa shape index (κ2) is 6.90. The topological polar surface area (TPSA) is 80.3 Å². The molecule has 0 unspecified atom stereocenters. The van der Waals surface area contributed by atoms with E-state index in [-0.39, 0.29) is 6.61 Å². The summed E-state index contributed by atoms with van der Waals surface area (Å²) in [6, 6.07) is 6.33. The Labute approximate surface area is 126 Å². The third-order valence-corrected chi connectivity index (χ3v) is 2.96. The van der Waals surface area contributed by atoms with E-state index in [1.165, 1.54) is 0 Å².